The van der Waals surface area contributed by atoms with Crippen LogP contribution in [0.5, 0.6) is 0 Å². The highest BCUT2D eigenvalue weighted by Crippen LogP contribution is 2.37. The van der Waals surface area contributed by atoms with Crippen LogP contribution in [0.1, 0.15) is 44.9 Å². The molecular weight excluding hydrogens is 196 g/mol. The Labute approximate surface area is 99.8 Å². The van der Waals surface area contributed by atoms with E-state index >= 15 is 0 Å². The number of likely N-dealkylation sites (tertiary alicyclic amines) is 1. The Morgan fingerprint density at radius 1 is 0.875 bits per heavy atom. The maximum absolute atomic E-state index is 3.73. The van der Waals surface area contributed by atoms with Crippen LogP contribution in [0.25, 0.3) is 0 Å². The van der Waals surface area contributed by atoms with E-state index in [1.807, 2.05) is 0 Å². The molecule has 2 heteroatoms. The number of nitrogens with zero attached hydrogens (tertiary/aromatic N) is 1. The lowest BCUT2D eigenvalue weighted by Gasteiger charge is -2.24. The van der Waals surface area contributed by atoms with Crippen LogP contribution < -0.4 is 5.32 Å². The van der Waals surface area contributed by atoms with Crippen molar-refractivity contribution in [2.75, 3.05) is 26.2 Å². The lowest BCUT2D eigenvalue weighted by molar-refractivity contribution is 0.268. The van der Waals surface area contributed by atoms with E-state index in [-0.39, 0.29) is 0 Å². The summed E-state index contributed by atoms with van der Waals surface area (Å²) in [5.41, 5.74) is 0. The van der Waals surface area contributed by atoms with E-state index in [9.17, 15) is 0 Å². The third-order valence-corrected chi connectivity index (χ3v) is 4.94. The molecule has 92 valence electrons. The number of fused-ring (bicyclic) bond motifs is 1. The first-order chi connectivity index (χ1) is 7.92. The zero-order valence-corrected chi connectivity index (χ0v) is 10.5. The first-order valence-electron chi connectivity index (χ1n) is 7.37. The van der Waals surface area contributed by atoms with Gasteiger partial charge in [0.1, 0.15) is 0 Å². The Morgan fingerprint density at radius 3 is 2.50 bits per heavy atom. The number of hydrogen-bond donors (Lipinski definition) is 1. The van der Waals surface area contributed by atoms with Gasteiger partial charge in [-0.25, -0.2) is 0 Å². The molecule has 2 nitrogen and oxygen atoms in total. The minimum Gasteiger partial charge on any atom is -0.313 e. The van der Waals surface area contributed by atoms with Crippen molar-refractivity contribution in [2.45, 2.75) is 51.0 Å². The highest BCUT2D eigenvalue weighted by molar-refractivity contribution is 4.90. The number of hydrogen-bond acceptors (Lipinski definition) is 2. The van der Waals surface area contributed by atoms with Gasteiger partial charge in [-0.1, -0.05) is 19.3 Å². The molecule has 0 aromatic rings. The fourth-order valence-corrected chi connectivity index (χ4v) is 4.05. The Balaban J connectivity index is 1.48. The fourth-order valence-electron chi connectivity index (χ4n) is 4.05. The molecule has 0 aromatic heterocycles. The second kappa shape index (κ2) is 5.05. The summed E-state index contributed by atoms with van der Waals surface area (Å²) >= 11 is 0. The zero-order chi connectivity index (χ0) is 10.8. The summed E-state index contributed by atoms with van der Waals surface area (Å²) in [6, 6.07) is 0.793. The van der Waals surface area contributed by atoms with Crippen LogP contribution in [0.2, 0.25) is 0 Å². The molecule has 1 N–H and O–H groups in total. The minimum absolute atomic E-state index is 0.793. The van der Waals surface area contributed by atoms with Crippen molar-refractivity contribution in [3.05, 3.63) is 0 Å². The van der Waals surface area contributed by atoms with Crippen molar-refractivity contribution in [3.63, 3.8) is 0 Å². The first kappa shape index (κ1) is 11.0. The van der Waals surface area contributed by atoms with Gasteiger partial charge in [-0.05, 0) is 44.1 Å². The average Bonchev–Trinajstić information content (AvgIpc) is 2.72. The van der Waals surface area contributed by atoms with Crippen LogP contribution >= 0.6 is 0 Å². The van der Waals surface area contributed by atoms with Gasteiger partial charge >= 0.3 is 0 Å². The normalized spacial score (nSPS) is 40.9. The van der Waals surface area contributed by atoms with E-state index in [1.54, 1.807) is 0 Å². The molecule has 3 aliphatic rings. The van der Waals surface area contributed by atoms with Gasteiger partial charge in [0.05, 0.1) is 0 Å². The van der Waals surface area contributed by atoms with Crippen molar-refractivity contribution < 1.29 is 0 Å². The molecular formula is C14H26N2. The van der Waals surface area contributed by atoms with E-state index in [1.165, 1.54) is 71.1 Å². The third-order valence-electron chi connectivity index (χ3n) is 4.94. The zero-order valence-electron chi connectivity index (χ0n) is 10.5. The lowest BCUT2D eigenvalue weighted by atomic mass is 10.0. The molecule has 3 fully saturated rings. The molecule has 3 rings (SSSR count). The standard InChI is InChI=1S/C14H26N2/c1-2-7-14(15-8-3-1)11-16-9-12-5-4-6-13(12)10-16/h12-15H,1-11H2. The highest BCUT2D eigenvalue weighted by Gasteiger charge is 2.36. The van der Waals surface area contributed by atoms with Gasteiger partial charge in [0.15, 0.2) is 0 Å². The summed E-state index contributed by atoms with van der Waals surface area (Å²) in [7, 11) is 0. The molecule has 0 aromatic carbocycles. The third kappa shape index (κ3) is 2.43. The molecule has 0 spiro atoms. The minimum atomic E-state index is 0.793. The molecule has 0 amide bonds. The van der Waals surface area contributed by atoms with Crippen molar-refractivity contribution in [2.24, 2.45) is 11.8 Å². The Hall–Kier alpha value is -0.0800. The van der Waals surface area contributed by atoms with E-state index in [4.69, 9.17) is 0 Å². The molecule has 1 aliphatic carbocycles. The van der Waals surface area contributed by atoms with Gasteiger partial charge in [0, 0.05) is 25.7 Å². The highest BCUT2D eigenvalue weighted by atomic mass is 15.2. The largest absolute Gasteiger partial charge is 0.313 e. The lowest BCUT2D eigenvalue weighted by Crippen LogP contribution is -2.40. The maximum Gasteiger partial charge on any atom is 0.0195 e. The predicted octanol–water partition coefficient (Wildman–Crippen LogP) is 2.25. The second-order valence-corrected chi connectivity index (χ2v) is 6.17. The smallest absolute Gasteiger partial charge is 0.0195 e. The SMILES string of the molecule is C1CCNC(CN2CC3CCCC3C2)CC1. The quantitative estimate of drug-likeness (QED) is 0.771. The Kier molecular flexibility index (Phi) is 3.49. The van der Waals surface area contributed by atoms with Gasteiger partial charge in [-0.2, -0.15) is 0 Å². The summed E-state index contributed by atoms with van der Waals surface area (Å²) in [5, 5.41) is 3.73. The van der Waals surface area contributed by atoms with Crippen LogP contribution in [0.3, 0.4) is 0 Å². The van der Waals surface area contributed by atoms with Crippen LogP contribution in [-0.2, 0) is 0 Å². The Morgan fingerprint density at radius 2 is 1.69 bits per heavy atom. The molecule has 2 heterocycles. The molecule has 3 unspecified atom stereocenters. The first-order valence-corrected chi connectivity index (χ1v) is 7.37. The van der Waals surface area contributed by atoms with E-state index in [0.717, 1.165) is 17.9 Å². The summed E-state index contributed by atoms with van der Waals surface area (Å²) in [6.07, 6.45) is 10.2. The van der Waals surface area contributed by atoms with Crippen molar-refractivity contribution in [1.29, 1.82) is 0 Å². The van der Waals surface area contributed by atoms with Crippen LogP contribution in [0.15, 0.2) is 0 Å². The molecule has 3 atom stereocenters. The van der Waals surface area contributed by atoms with Crippen LogP contribution in [0, 0.1) is 11.8 Å². The van der Waals surface area contributed by atoms with Crippen molar-refractivity contribution in [3.8, 4) is 0 Å². The molecule has 0 radical (unpaired) electrons. The average molecular weight is 222 g/mol. The van der Waals surface area contributed by atoms with E-state index < -0.39 is 0 Å². The monoisotopic (exact) mass is 222 g/mol. The maximum atomic E-state index is 3.73. The van der Waals surface area contributed by atoms with Crippen LogP contribution in [-0.4, -0.2) is 37.1 Å². The fraction of sp³-hybridized carbons (Fsp3) is 1.00. The summed E-state index contributed by atoms with van der Waals surface area (Å²) < 4.78 is 0. The van der Waals surface area contributed by atoms with Crippen molar-refractivity contribution >= 4 is 0 Å². The molecule has 2 saturated heterocycles. The van der Waals surface area contributed by atoms with Gasteiger partial charge in [0.2, 0.25) is 0 Å². The van der Waals surface area contributed by atoms with Gasteiger partial charge in [-0.15, -0.1) is 0 Å². The van der Waals surface area contributed by atoms with Gasteiger partial charge in [-0.3, -0.25) is 0 Å². The topological polar surface area (TPSA) is 15.3 Å². The molecule has 0 bridgehead atoms. The van der Waals surface area contributed by atoms with Gasteiger partial charge in [0.25, 0.3) is 0 Å². The molecule has 1 saturated carbocycles. The Bertz CT molecular complexity index is 209. The van der Waals surface area contributed by atoms with E-state index in [2.05, 4.69) is 10.2 Å². The number of rotatable bonds is 2. The predicted molar refractivity (Wildman–Crippen MR) is 67.5 cm³/mol. The summed E-state index contributed by atoms with van der Waals surface area (Å²) in [4.78, 5) is 2.75. The van der Waals surface area contributed by atoms with Gasteiger partial charge < -0.3 is 10.2 Å². The van der Waals surface area contributed by atoms with Crippen molar-refractivity contribution in [1.82, 2.24) is 10.2 Å². The van der Waals surface area contributed by atoms with Crippen LogP contribution in [0.4, 0.5) is 0 Å². The van der Waals surface area contributed by atoms with E-state index in [0.29, 0.717) is 0 Å². The summed E-state index contributed by atoms with van der Waals surface area (Å²) in [5.74, 6) is 2.12. The second-order valence-electron chi connectivity index (χ2n) is 6.17. The molecule has 2 aliphatic heterocycles. The summed E-state index contributed by atoms with van der Waals surface area (Å²) in [6.45, 7) is 5.39. The molecule has 16 heavy (non-hydrogen) atoms. The number of nitrogens with one attached hydrogen (secondary N) is 1.